The molecule has 4 N–H and O–H groups in total. The maximum atomic E-state index is 11.7. The summed E-state index contributed by atoms with van der Waals surface area (Å²) in [5, 5.41) is 37.3. The highest BCUT2D eigenvalue weighted by Gasteiger charge is 2.23. The molecule has 7 nitrogen and oxygen atoms in total. The number of hydrogen-bond donors (Lipinski definition) is 4. The van der Waals surface area contributed by atoms with E-state index in [1.165, 1.54) is 32.1 Å². The van der Waals surface area contributed by atoms with E-state index >= 15 is 0 Å². The lowest BCUT2D eigenvalue weighted by molar-refractivity contribution is -0.147. The van der Waals surface area contributed by atoms with Crippen LogP contribution in [0.5, 0.6) is 0 Å². The SMILES string of the molecule is C/C=C(\C)C(=O)O[C@@H](/C=C\[C@H](O)[C@@H](C)O)[C@H](O)CCC(=O)O. The number of allylic oxidation sites excluding steroid dienone is 1. The number of aliphatic hydroxyl groups is 3. The Hall–Kier alpha value is -1.70. The molecule has 0 aliphatic carbocycles. The molecular weight excluding hydrogens is 292 g/mol. The van der Waals surface area contributed by atoms with Gasteiger partial charge in [0, 0.05) is 12.0 Å². The molecule has 0 bridgehead atoms. The average Bonchev–Trinajstić information content (AvgIpc) is 2.46. The molecule has 4 atom stereocenters. The Kier molecular flexibility index (Phi) is 9.32. The fourth-order valence-electron chi connectivity index (χ4n) is 1.40. The number of rotatable bonds is 9. The molecule has 0 aromatic rings. The molecule has 0 saturated carbocycles. The molecular formula is C15H24O7. The highest BCUT2D eigenvalue weighted by molar-refractivity contribution is 5.87. The van der Waals surface area contributed by atoms with Crippen molar-refractivity contribution in [1.82, 2.24) is 0 Å². The largest absolute Gasteiger partial charge is 0.481 e. The van der Waals surface area contributed by atoms with E-state index in [1.54, 1.807) is 6.92 Å². The average molecular weight is 316 g/mol. The van der Waals surface area contributed by atoms with Gasteiger partial charge in [0.15, 0.2) is 0 Å². The number of aliphatic carboxylic acids is 1. The smallest absolute Gasteiger partial charge is 0.334 e. The van der Waals surface area contributed by atoms with Crippen LogP contribution in [0.25, 0.3) is 0 Å². The lowest BCUT2D eigenvalue weighted by atomic mass is 10.1. The lowest BCUT2D eigenvalue weighted by Crippen LogP contribution is -2.31. The van der Waals surface area contributed by atoms with Gasteiger partial charge in [-0.1, -0.05) is 12.2 Å². The van der Waals surface area contributed by atoms with Crippen molar-refractivity contribution >= 4 is 11.9 Å². The van der Waals surface area contributed by atoms with Gasteiger partial charge in [0.1, 0.15) is 6.10 Å². The fraction of sp³-hybridized carbons (Fsp3) is 0.600. The first-order valence-corrected chi connectivity index (χ1v) is 6.97. The van der Waals surface area contributed by atoms with Crippen molar-refractivity contribution in [1.29, 1.82) is 0 Å². The minimum Gasteiger partial charge on any atom is -0.481 e. The number of carboxylic acids is 1. The van der Waals surface area contributed by atoms with Crippen molar-refractivity contribution in [3.63, 3.8) is 0 Å². The summed E-state index contributed by atoms with van der Waals surface area (Å²) in [6, 6.07) is 0. The second-order valence-corrected chi connectivity index (χ2v) is 4.96. The van der Waals surface area contributed by atoms with E-state index in [0.717, 1.165) is 0 Å². The summed E-state index contributed by atoms with van der Waals surface area (Å²) < 4.78 is 5.10. The van der Waals surface area contributed by atoms with Crippen LogP contribution in [0.15, 0.2) is 23.8 Å². The Morgan fingerprint density at radius 1 is 1.18 bits per heavy atom. The van der Waals surface area contributed by atoms with E-state index in [4.69, 9.17) is 9.84 Å². The van der Waals surface area contributed by atoms with Crippen molar-refractivity contribution < 1.29 is 34.8 Å². The third-order valence-corrected chi connectivity index (χ3v) is 3.02. The van der Waals surface area contributed by atoms with E-state index in [9.17, 15) is 24.9 Å². The number of esters is 1. The molecule has 0 rings (SSSR count). The van der Waals surface area contributed by atoms with Gasteiger partial charge < -0.3 is 25.2 Å². The molecule has 0 aromatic heterocycles. The molecule has 0 aromatic carbocycles. The first-order chi connectivity index (χ1) is 10.2. The van der Waals surface area contributed by atoms with E-state index in [2.05, 4.69) is 0 Å². The summed E-state index contributed by atoms with van der Waals surface area (Å²) >= 11 is 0. The highest BCUT2D eigenvalue weighted by Crippen LogP contribution is 2.12. The predicted octanol–water partition coefficient (Wildman–Crippen LogP) is 0.388. The summed E-state index contributed by atoms with van der Waals surface area (Å²) in [6.45, 7) is 4.57. The molecule has 0 amide bonds. The monoisotopic (exact) mass is 316 g/mol. The zero-order valence-corrected chi connectivity index (χ0v) is 13.0. The minimum atomic E-state index is -1.23. The van der Waals surface area contributed by atoms with Crippen molar-refractivity contribution in [2.45, 2.75) is 58.0 Å². The summed E-state index contributed by atoms with van der Waals surface area (Å²) in [6.07, 6.45) is -0.990. The Labute approximate surface area is 129 Å². The molecule has 126 valence electrons. The number of ether oxygens (including phenoxy) is 1. The Bertz CT molecular complexity index is 426. The van der Waals surface area contributed by atoms with E-state index < -0.39 is 36.4 Å². The molecule has 22 heavy (non-hydrogen) atoms. The van der Waals surface area contributed by atoms with Gasteiger partial charge >= 0.3 is 11.9 Å². The molecule has 0 heterocycles. The molecule has 0 spiro atoms. The van der Waals surface area contributed by atoms with E-state index in [1.807, 2.05) is 0 Å². The standard InChI is InChI=1S/C15H24O7/c1-4-9(2)15(21)22-13(7-5-11(17)10(3)16)12(18)6-8-14(19)20/h4-5,7,10-13,16-18H,6,8H2,1-3H3,(H,19,20)/b7-5-,9-4+/t10-,11+,12-,13+/m1/s1. The van der Waals surface area contributed by atoms with Crippen LogP contribution in [0.3, 0.4) is 0 Å². The van der Waals surface area contributed by atoms with Gasteiger partial charge in [0.25, 0.3) is 0 Å². The van der Waals surface area contributed by atoms with Crippen molar-refractivity contribution in [3.05, 3.63) is 23.8 Å². The summed E-state index contributed by atoms with van der Waals surface area (Å²) in [5.74, 6) is -1.74. The molecule has 0 saturated heterocycles. The van der Waals surface area contributed by atoms with Gasteiger partial charge in [-0.15, -0.1) is 0 Å². The van der Waals surface area contributed by atoms with Crippen LogP contribution in [-0.4, -0.2) is 56.8 Å². The molecule has 0 unspecified atom stereocenters. The van der Waals surface area contributed by atoms with Crippen LogP contribution in [0.1, 0.15) is 33.6 Å². The van der Waals surface area contributed by atoms with Crippen LogP contribution >= 0.6 is 0 Å². The van der Waals surface area contributed by atoms with Crippen LogP contribution in [0, 0.1) is 0 Å². The van der Waals surface area contributed by atoms with Crippen molar-refractivity contribution in [3.8, 4) is 0 Å². The quantitative estimate of drug-likeness (QED) is 0.275. The Balaban J connectivity index is 4.97. The summed E-state index contributed by atoms with van der Waals surface area (Å²) in [5.41, 5.74) is 0.333. The molecule has 0 radical (unpaired) electrons. The van der Waals surface area contributed by atoms with Gasteiger partial charge in [0.05, 0.1) is 18.3 Å². The second kappa shape index (κ2) is 10.1. The first-order valence-electron chi connectivity index (χ1n) is 6.97. The van der Waals surface area contributed by atoms with Crippen molar-refractivity contribution in [2.75, 3.05) is 0 Å². The van der Waals surface area contributed by atoms with E-state index in [0.29, 0.717) is 5.57 Å². The zero-order chi connectivity index (χ0) is 17.3. The van der Waals surface area contributed by atoms with Gasteiger partial charge in [-0.05, 0) is 33.3 Å². The van der Waals surface area contributed by atoms with Gasteiger partial charge in [-0.2, -0.15) is 0 Å². The van der Waals surface area contributed by atoms with Crippen LogP contribution < -0.4 is 0 Å². The second-order valence-electron chi connectivity index (χ2n) is 4.96. The minimum absolute atomic E-state index is 0.114. The number of carbonyl (C=O) groups is 2. The fourth-order valence-corrected chi connectivity index (χ4v) is 1.40. The van der Waals surface area contributed by atoms with Gasteiger partial charge in [-0.25, -0.2) is 4.79 Å². The van der Waals surface area contributed by atoms with Crippen LogP contribution in [0.4, 0.5) is 0 Å². The van der Waals surface area contributed by atoms with Crippen LogP contribution in [-0.2, 0) is 14.3 Å². The Morgan fingerprint density at radius 3 is 2.23 bits per heavy atom. The maximum absolute atomic E-state index is 11.7. The van der Waals surface area contributed by atoms with Crippen molar-refractivity contribution in [2.24, 2.45) is 0 Å². The molecule has 7 heteroatoms. The topological polar surface area (TPSA) is 124 Å². The maximum Gasteiger partial charge on any atom is 0.334 e. The van der Waals surface area contributed by atoms with E-state index in [-0.39, 0.29) is 12.8 Å². The molecule has 0 aliphatic rings. The number of carbonyl (C=O) groups excluding carboxylic acids is 1. The third-order valence-electron chi connectivity index (χ3n) is 3.02. The molecule has 0 aliphatic heterocycles. The predicted molar refractivity (Wildman–Crippen MR) is 79.0 cm³/mol. The summed E-state index contributed by atoms with van der Waals surface area (Å²) in [7, 11) is 0. The highest BCUT2D eigenvalue weighted by atomic mass is 16.6. The number of aliphatic hydroxyl groups excluding tert-OH is 3. The number of hydrogen-bond acceptors (Lipinski definition) is 6. The van der Waals surface area contributed by atoms with Crippen LogP contribution in [0.2, 0.25) is 0 Å². The normalized spacial score (nSPS) is 17.8. The molecule has 0 fully saturated rings. The number of carboxylic acid groups (broad SMARTS) is 1. The van der Waals surface area contributed by atoms with Gasteiger partial charge in [-0.3, -0.25) is 4.79 Å². The van der Waals surface area contributed by atoms with Gasteiger partial charge in [0.2, 0.25) is 0 Å². The first kappa shape index (κ1) is 20.3. The zero-order valence-electron chi connectivity index (χ0n) is 13.0. The third kappa shape index (κ3) is 7.92. The lowest BCUT2D eigenvalue weighted by Gasteiger charge is -2.21. The Morgan fingerprint density at radius 2 is 1.77 bits per heavy atom. The summed E-state index contributed by atoms with van der Waals surface area (Å²) in [4.78, 5) is 22.3.